The summed E-state index contributed by atoms with van der Waals surface area (Å²) in [4.78, 5) is 15.0. The van der Waals surface area contributed by atoms with Crippen LogP contribution in [0.3, 0.4) is 0 Å². The lowest BCUT2D eigenvalue weighted by molar-refractivity contribution is -0.138. The Morgan fingerprint density at radius 3 is 2.77 bits per heavy atom. The quantitative estimate of drug-likeness (QED) is 0.626. The maximum absolute atomic E-state index is 13.1. The molecule has 1 saturated heterocycles. The molecular formula is C24H27ClN4O2. The van der Waals surface area contributed by atoms with E-state index in [1.54, 1.807) is 0 Å². The Bertz CT molecular complexity index is 1050. The number of carbonyl (C=O) groups excluding carboxylic acids is 1. The topological polar surface area (TPSA) is 59.4 Å². The van der Waals surface area contributed by atoms with Crippen LogP contribution in [-0.2, 0) is 16.1 Å². The molecule has 1 aliphatic rings. The number of aromatic nitrogens is 2. The van der Waals surface area contributed by atoms with Crippen molar-refractivity contribution < 1.29 is 9.53 Å². The minimum atomic E-state index is -0.146. The molecule has 0 spiro atoms. The van der Waals surface area contributed by atoms with Crippen LogP contribution in [0.25, 0.3) is 0 Å². The van der Waals surface area contributed by atoms with Crippen LogP contribution in [0, 0.1) is 13.8 Å². The summed E-state index contributed by atoms with van der Waals surface area (Å²) in [5, 5.41) is 8.59. The number of benzene rings is 2. The Morgan fingerprint density at radius 1 is 1.19 bits per heavy atom. The monoisotopic (exact) mass is 438 g/mol. The smallest absolute Gasteiger partial charge is 0.242 e. The van der Waals surface area contributed by atoms with E-state index in [4.69, 9.17) is 21.4 Å². The highest BCUT2D eigenvalue weighted by molar-refractivity contribution is 6.30. The number of amides is 1. The Balaban J connectivity index is 1.52. The number of hydrogen-bond donors (Lipinski definition) is 1. The van der Waals surface area contributed by atoms with E-state index in [-0.39, 0.29) is 18.5 Å². The first-order valence-corrected chi connectivity index (χ1v) is 10.8. The van der Waals surface area contributed by atoms with Crippen LogP contribution in [-0.4, -0.2) is 46.9 Å². The molecule has 162 valence electrons. The lowest BCUT2D eigenvalue weighted by atomic mass is 10.0. The summed E-state index contributed by atoms with van der Waals surface area (Å²) in [6.45, 7) is 6.55. The zero-order valence-corrected chi connectivity index (χ0v) is 18.6. The van der Waals surface area contributed by atoms with E-state index in [1.807, 2.05) is 59.0 Å². The number of morpholine rings is 1. The van der Waals surface area contributed by atoms with Gasteiger partial charge in [0.25, 0.3) is 0 Å². The van der Waals surface area contributed by atoms with Crippen molar-refractivity contribution >= 4 is 23.2 Å². The summed E-state index contributed by atoms with van der Waals surface area (Å²) in [5.41, 5.74) is 5.10. The van der Waals surface area contributed by atoms with Gasteiger partial charge >= 0.3 is 0 Å². The van der Waals surface area contributed by atoms with Gasteiger partial charge in [-0.1, -0.05) is 48.0 Å². The van der Waals surface area contributed by atoms with E-state index in [0.717, 1.165) is 22.6 Å². The van der Waals surface area contributed by atoms with E-state index in [1.165, 1.54) is 5.56 Å². The van der Waals surface area contributed by atoms with Crippen LogP contribution in [0.1, 0.15) is 28.6 Å². The molecule has 1 aliphatic heterocycles. The van der Waals surface area contributed by atoms with Crippen molar-refractivity contribution in [3.8, 4) is 0 Å². The van der Waals surface area contributed by atoms with Gasteiger partial charge in [0, 0.05) is 28.5 Å². The average molecular weight is 439 g/mol. The number of rotatable bonds is 6. The van der Waals surface area contributed by atoms with Crippen molar-refractivity contribution in [3.05, 3.63) is 82.1 Å². The van der Waals surface area contributed by atoms with Gasteiger partial charge in [-0.2, -0.15) is 5.10 Å². The third kappa shape index (κ3) is 4.92. The second-order valence-corrected chi connectivity index (χ2v) is 8.21. The Kier molecular flexibility index (Phi) is 6.59. The summed E-state index contributed by atoms with van der Waals surface area (Å²) in [6.07, 6.45) is 0. The number of halogens is 1. The first kappa shape index (κ1) is 21.4. The molecule has 3 aromatic rings. The van der Waals surface area contributed by atoms with Gasteiger partial charge in [-0.25, -0.2) is 0 Å². The second kappa shape index (κ2) is 9.54. The van der Waals surface area contributed by atoms with Crippen LogP contribution in [0.2, 0.25) is 5.02 Å². The first-order chi connectivity index (χ1) is 15.0. The Hall–Kier alpha value is -2.83. The van der Waals surface area contributed by atoms with Gasteiger partial charge in [0.1, 0.15) is 0 Å². The molecule has 0 saturated carbocycles. The summed E-state index contributed by atoms with van der Waals surface area (Å²) >= 11 is 6.05. The molecule has 2 heterocycles. The molecule has 0 radical (unpaired) electrons. The number of nitrogens with zero attached hydrogens (tertiary/aromatic N) is 3. The maximum Gasteiger partial charge on any atom is 0.242 e. The van der Waals surface area contributed by atoms with E-state index in [0.29, 0.717) is 31.3 Å². The van der Waals surface area contributed by atoms with Crippen LogP contribution in [0.15, 0.2) is 54.6 Å². The van der Waals surface area contributed by atoms with Gasteiger partial charge in [-0.15, -0.1) is 0 Å². The number of carbonyl (C=O) groups is 1. The molecule has 31 heavy (non-hydrogen) atoms. The zero-order chi connectivity index (χ0) is 21.8. The molecule has 2 aromatic carbocycles. The normalized spacial score (nSPS) is 16.4. The van der Waals surface area contributed by atoms with Crippen molar-refractivity contribution in [3.63, 3.8) is 0 Å². The standard InChI is InChI=1S/C24H27ClN4O2/c1-17-24(18(2)29(27-17)15-19-7-4-3-5-8-19)22-16-31-12-11-28(22)23(30)14-26-21-10-6-9-20(25)13-21/h3-10,13,22,26H,11-12,14-16H2,1-2H3. The highest BCUT2D eigenvalue weighted by Crippen LogP contribution is 2.30. The molecule has 0 aliphatic carbocycles. The number of hydrogen-bond acceptors (Lipinski definition) is 4. The molecule has 1 N–H and O–H groups in total. The molecule has 1 atom stereocenters. The summed E-state index contributed by atoms with van der Waals surface area (Å²) in [7, 11) is 0. The molecule has 1 amide bonds. The highest BCUT2D eigenvalue weighted by Gasteiger charge is 2.32. The lowest BCUT2D eigenvalue weighted by Gasteiger charge is -2.36. The summed E-state index contributed by atoms with van der Waals surface area (Å²) in [6, 6.07) is 17.5. The van der Waals surface area contributed by atoms with Crippen LogP contribution in [0.4, 0.5) is 5.69 Å². The van der Waals surface area contributed by atoms with Gasteiger partial charge in [-0.05, 0) is 37.6 Å². The fraction of sp³-hybridized carbons (Fsp3) is 0.333. The van der Waals surface area contributed by atoms with Crippen LogP contribution < -0.4 is 5.32 Å². The fourth-order valence-corrected chi connectivity index (χ4v) is 4.31. The van der Waals surface area contributed by atoms with Crippen molar-refractivity contribution in [1.29, 1.82) is 0 Å². The minimum absolute atomic E-state index is 0.0304. The van der Waals surface area contributed by atoms with Gasteiger partial charge in [0.2, 0.25) is 5.91 Å². The predicted molar refractivity (Wildman–Crippen MR) is 122 cm³/mol. The third-order valence-corrected chi connectivity index (χ3v) is 5.90. The summed E-state index contributed by atoms with van der Waals surface area (Å²) < 4.78 is 7.78. The second-order valence-electron chi connectivity index (χ2n) is 7.77. The van der Waals surface area contributed by atoms with Crippen molar-refractivity contribution in [2.75, 3.05) is 31.6 Å². The Labute approximate surface area is 187 Å². The first-order valence-electron chi connectivity index (χ1n) is 10.5. The minimum Gasteiger partial charge on any atom is -0.377 e. The third-order valence-electron chi connectivity index (χ3n) is 5.66. The molecule has 0 bridgehead atoms. The predicted octanol–water partition coefficient (Wildman–Crippen LogP) is 4.21. The number of ether oxygens (including phenoxy) is 1. The van der Waals surface area contributed by atoms with Gasteiger partial charge < -0.3 is 15.0 Å². The van der Waals surface area contributed by atoms with Gasteiger partial charge in [0.15, 0.2) is 0 Å². The van der Waals surface area contributed by atoms with Gasteiger partial charge in [0.05, 0.1) is 38.0 Å². The van der Waals surface area contributed by atoms with Crippen LogP contribution >= 0.6 is 11.6 Å². The maximum atomic E-state index is 13.1. The Morgan fingerprint density at radius 2 is 2.00 bits per heavy atom. The van der Waals surface area contributed by atoms with Crippen LogP contribution in [0.5, 0.6) is 0 Å². The zero-order valence-electron chi connectivity index (χ0n) is 17.8. The molecule has 7 heteroatoms. The average Bonchev–Trinajstić information content (AvgIpc) is 3.05. The number of aryl methyl sites for hydroxylation is 1. The van der Waals surface area contributed by atoms with E-state index < -0.39 is 0 Å². The SMILES string of the molecule is Cc1nn(Cc2ccccc2)c(C)c1C1COCCN1C(=O)CNc1cccc(Cl)c1. The van der Waals surface area contributed by atoms with E-state index >= 15 is 0 Å². The fourth-order valence-electron chi connectivity index (χ4n) is 4.12. The highest BCUT2D eigenvalue weighted by atomic mass is 35.5. The summed E-state index contributed by atoms with van der Waals surface area (Å²) in [5.74, 6) is 0.0304. The van der Waals surface area contributed by atoms with Crippen molar-refractivity contribution in [2.45, 2.75) is 26.4 Å². The van der Waals surface area contributed by atoms with Gasteiger partial charge in [-0.3, -0.25) is 9.48 Å². The lowest BCUT2D eigenvalue weighted by Crippen LogP contribution is -2.46. The number of nitrogens with one attached hydrogen (secondary N) is 1. The molecule has 1 fully saturated rings. The number of anilines is 1. The van der Waals surface area contributed by atoms with E-state index in [2.05, 4.69) is 24.4 Å². The van der Waals surface area contributed by atoms with E-state index in [9.17, 15) is 4.79 Å². The molecular weight excluding hydrogens is 412 g/mol. The van der Waals surface area contributed by atoms with Crippen molar-refractivity contribution in [1.82, 2.24) is 14.7 Å². The molecule has 1 unspecified atom stereocenters. The largest absolute Gasteiger partial charge is 0.377 e. The van der Waals surface area contributed by atoms with Crippen molar-refractivity contribution in [2.24, 2.45) is 0 Å². The molecule has 4 rings (SSSR count). The molecule has 1 aromatic heterocycles. The molecule has 6 nitrogen and oxygen atoms in total.